The molecule has 110 valence electrons. The summed E-state index contributed by atoms with van der Waals surface area (Å²) in [5.74, 6) is 5.52. The molecule has 1 aliphatic rings. The Morgan fingerprint density at radius 3 is 2.85 bits per heavy atom. The van der Waals surface area contributed by atoms with Crippen LogP contribution in [0.4, 0.5) is 0 Å². The highest BCUT2D eigenvalue weighted by Crippen LogP contribution is 2.12. The minimum atomic E-state index is -0.305. The Bertz CT molecular complexity index is 414. The van der Waals surface area contributed by atoms with E-state index in [2.05, 4.69) is 10.3 Å². The average Bonchev–Trinajstić information content (AvgIpc) is 2.76. The van der Waals surface area contributed by atoms with Gasteiger partial charge in [-0.15, -0.1) is 0 Å². The van der Waals surface area contributed by atoms with Crippen LogP contribution in [0.15, 0.2) is 24.3 Å². The Balaban J connectivity index is 1.74. The molecular formula is C14H21N3O3. The first-order chi connectivity index (χ1) is 9.79. The monoisotopic (exact) mass is 279 g/mol. The average molecular weight is 279 g/mol. The lowest BCUT2D eigenvalue weighted by molar-refractivity contribution is 0.0953. The minimum absolute atomic E-state index is 0.305. The molecule has 1 fully saturated rings. The van der Waals surface area contributed by atoms with E-state index in [0.717, 1.165) is 45.0 Å². The third kappa shape index (κ3) is 4.48. The molecule has 2 rings (SSSR count). The third-order valence-corrected chi connectivity index (χ3v) is 3.24. The summed E-state index contributed by atoms with van der Waals surface area (Å²) < 4.78 is 11.1. The first kappa shape index (κ1) is 14.8. The number of amides is 1. The predicted octanol–water partition coefficient (Wildman–Crippen LogP) is 0.391. The summed E-state index contributed by atoms with van der Waals surface area (Å²) in [5, 5.41) is 0. The molecule has 0 bridgehead atoms. The summed E-state index contributed by atoms with van der Waals surface area (Å²) in [6, 6.07) is 6.93. The van der Waals surface area contributed by atoms with Gasteiger partial charge in [-0.25, -0.2) is 5.84 Å². The largest absolute Gasteiger partial charge is 0.492 e. The van der Waals surface area contributed by atoms with Gasteiger partial charge in [0, 0.05) is 31.8 Å². The van der Waals surface area contributed by atoms with Crippen molar-refractivity contribution in [3.8, 4) is 5.75 Å². The second-order valence-electron chi connectivity index (χ2n) is 4.65. The maximum Gasteiger partial charge on any atom is 0.265 e. The van der Waals surface area contributed by atoms with E-state index in [0.29, 0.717) is 12.2 Å². The smallest absolute Gasteiger partial charge is 0.265 e. The summed E-state index contributed by atoms with van der Waals surface area (Å²) in [7, 11) is 0. The molecule has 0 aliphatic carbocycles. The second-order valence-corrected chi connectivity index (χ2v) is 4.65. The molecule has 1 aromatic rings. The highest BCUT2D eigenvalue weighted by molar-refractivity contribution is 5.93. The number of ether oxygens (including phenoxy) is 2. The number of carbonyl (C=O) groups excluding carboxylic acids is 1. The fourth-order valence-electron chi connectivity index (χ4n) is 2.10. The third-order valence-electron chi connectivity index (χ3n) is 3.24. The lowest BCUT2D eigenvalue weighted by Crippen LogP contribution is -2.30. The number of hydrogen-bond acceptors (Lipinski definition) is 5. The number of nitrogen functional groups attached to an aromatic ring is 1. The van der Waals surface area contributed by atoms with Crippen LogP contribution in [0.25, 0.3) is 0 Å². The Labute approximate surface area is 118 Å². The zero-order chi connectivity index (χ0) is 14.2. The zero-order valence-electron chi connectivity index (χ0n) is 11.5. The van der Waals surface area contributed by atoms with Crippen LogP contribution in [-0.4, -0.2) is 50.3 Å². The van der Waals surface area contributed by atoms with Crippen LogP contribution in [0.2, 0.25) is 0 Å². The normalized spacial score (nSPS) is 16.4. The molecule has 1 aromatic carbocycles. The van der Waals surface area contributed by atoms with Crippen LogP contribution in [0.3, 0.4) is 0 Å². The van der Waals surface area contributed by atoms with E-state index in [1.165, 1.54) is 0 Å². The van der Waals surface area contributed by atoms with Crippen LogP contribution in [-0.2, 0) is 4.74 Å². The van der Waals surface area contributed by atoms with Crippen LogP contribution < -0.4 is 16.0 Å². The summed E-state index contributed by atoms with van der Waals surface area (Å²) in [4.78, 5) is 13.6. The van der Waals surface area contributed by atoms with Crippen LogP contribution >= 0.6 is 0 Å². The standard InChI is InChI=1S/C14H21N3O3/c15-16-14(18)12-2-4-13(5-3-12)20-11-8-17-6-1-9-19-10-7-17/h2-5H,1,6-11,15H2,(H,16,18). The van der Waals surface area contributed by atoms with Gasteiger partial charge in [0.1, 0.15) is 12.4 Å². The number of carbonyl (C=O) groups is 1. The summed E-state index contributed by atoms with van der Waals surface area (Å²) >= 11 is 0. The van der Waals surface area contributed by atoms with Crippen molar-refractivity contribution in [1.82, 2.24) is 10.3 Å². The maximum atomic E-state index is 11.3. The van der Waals surface area contributed by atoms with E-state index in [1.54, 1.807) is 24.3 Å². The summed E-state index contributed by atoms with van der Waals surface area (Å²) in [5.41, 5.74) is 2.61. The molecule has 1 aliphatic heterocycles. The molecule has 0 aromatic heterocycles. The Morgan fingerprint density at radius 2 is 2.10 bits per heavy atom. The van der Waals surface area contributed by atoms with Gasteiger partial charge in [-0.05, 0) is 30.7 Å². The van der Waals surface area contributed by atoms with Gasteiger partial charge in [0.2, 0.25) is 0 Å². The number of rotatable bonds is 5. The van der Waals surface area contributed by atoms with Crippen LogP contribution in [0, 0.1) is 0 Å². The van der Waals surface area contributed by atoms with Crippen molar-refractivity contribution in [2.75, 3.05) is 39.5 Å². The molecule has 0 spiro atoms. The Hall–Kier alpha value is -1.63. The summed E-state index contributed by atoms with van der Waals surface area (Å²) in [6.45, 7) is 5.17. The molecule has 1 amide bonds. The van der Waals surface area contributed by atoms with Crippen LogP contribution in [0.1, 0.15) is 16.8 Å². The van der Waals surface area contributed by atoms with E-state index in [4.69, 9.17) is 15.3 Å². The van der Waals surface area contributed by atoms with E-state index in [-0.39, 0.29) is 5.91 Å². The van der Waals surface area contributed by atoms with Crippen molar-refractivity contribution in [1.29, 1.82) is 0 Å². The first-order valence-corrected chi connectivity index (χ1v) is 6.83. The zero-order valence-corrected chi connectivity index (χ0v) is 11.5. The lowest BCUT2D eigenvalue weighted by atomic mass is 10.2. The highest BCUT2D eigenvalue weighted by atomic mass is 16.5. The molecular weight excluding hydrogens is 258 g/mol. The van der Waals surface area contributed by atoms with Crippen molar-refractivity contribution < 1.29 is 14.3 Å². The molecule has 3 N–H and O–H groups in total. The molecule has 1 saturated heterocycles. The number of benzene rings is 1. The molecule has 0 saturated carbocycles. The number of hydrogen-bond donors (Lipinski definition) is 2. The van der Waals surface area contributed by atoms with Gasteiger partial charge in [0.15, 0.2) is 0 Å². The van der Waals surface area contributed by atoms with E-state index in [9.17, 15) is 4.79 Å². The first-order valence-electron chi connectivity index (χ1n) is 6.83. The SMILES string of the molecule is NNC(=O)c1ccc(OCCN2CCCOCC2)cc1. The molecule has 0 radical (unpaired) electrons. The van der Waals surface area contributed by atoms with E-state index >= 15 is 0 Å². The number of nitrogens with one attached hydrogen (secondary N) is 1. The van der Waals surface area contributed by atoms with Gasteiger partial charge in [-0.2, -0.15) is 0 Å². The lowest BCUT2D eigenvalue weighted by Gasteiger charge is -2.19. The molecule has 0 unspecified atom stereocenters. The van der Waals surface area contributed by atoms with E-state index in [1.807, 2.05) is 0 Å². The van der Waals surface area contributed by atoms with Crippen molar-refractivity contribution in [2.24, 2.45) is 5.84 Å². The minimum Gasteiger partial charge on any atom is -0.492 e. The van der Waals surface area contributed by atoms with Gasteiger partial charge in [-0.3, -0.25) is 15.1 Å². The Morgan fingerprint density at radius 1 is 1.30 bits per heavy atom. The fraction of sp³-hybridized carbons (Fsp3) is 0.500. The molecule has 20 heavy (non-hydrogen) atoms. The van der Waals surface area contributed by atoms with Gasteiger partial charge >= 0.3 is 0 Å². The molecule has 6 nitrogen and oxygen atoms in total. The van der Waals surface area contributed by atoms with Crippen LogP contribution in [0.5, 0.6) is 5.75 Å². The van der Waals surface area contributed by atoms with Crippen molar-refractivity contribution in [3.63, 3.8) is 0 Å². The molecule has 1 heterocycles. The number of nitrogens with two attached hydrogens (primary N) is 1. The summed E-state index contributed by atoms with van der Waals surface area (Å²) in [6.07, 6.45) is 1.07. The fourth-order valence-corrected chi connectivity index (χ4v) is 2.10. The number of nitrogens with zero attached hydrogens (tertiary/aromatic N) is 1. The Kier molecular flexibility index (Phi) is 5.79. The second kappa shape index (κ2) is 7.84. The van der Waals surface area contributed by atoms with Gasteiger partial charge in [0.25, 0.3) is 5.91 Å². The van der Waals surface area contributed by atoms with E-state index < -0.39 is 0 Å². The quantitative estimate of drug-likeness (QED) is 0.463. The highest BCUT2D eigenvalue weighted by Gasteiger charge is 2.09. The van der Waals surface area contributed by atoms with Crippen molar-refractivity contribution >= 4 is 5.91 Å². The topological polar surface area (TPSA) is 76.8 Å². The maximum absolute atomic E-state index is 11.3. The predicted molar refractivity (Wildman–Crippen MR) is 75.5 cm³/mol. The number of hydrazine groups is 1. The van der Waals surface area contributed by atoms with Crippen molar-refractivity contribution in [2.45, 2.75) is 6.42 Å². The van der Waals surface area contributed by atoms with Gasteiger partial charge < -0.3 is 9.47 Å². The van der Waals surface area contributed by atoms with Gasteiger partial charge in [0.05, 0.1) is 6.61 Å². The molecule has 6 heteroatoms. The van der Waals surface area contributed by atoms with Crippen molar-refractivity contribution in [3.05, 3.63) is 29.8 Å². The van der Waals surface area contributed by atoms with Gasteiger partial charge in [-0.1, -0.05) is 0 Å². The molecule has 0 atom stereocenters.